The molecule has 5 atom stereocenters. The average molecular weight is 540 g/mol. The summed E-state index contributed by atoms with van der Waals surface area (Å²) < 4.78 is 12.3. The first-order chi connectivity index (χ1) is 18.7. The van der Waals surface area contributed by atoms with Gasteiger partial charge < -0.3 is 41.4 Å². The Morgan fingerprint density at radius 1 is 1.21 bits per heavy atom. The molecule has 5 aliphatic rings. The van der Waals surface area contributed by atoms with E-state index in [-0.39, 0.29) is 23.1 Å². The first-order valence-corrected chi connectivity index (χ1v) is 13.8. The summed E-state index contributed by atoms with van der Waals surface area (Å²) in [7, 11) is 2.13. The highest BCUT2D eigenvalue weighted by molar-refractivity contribution is 5.89. The summed E-state index contributed by atoms with van der Waals surface area (Å²) in [4.78, 5) is 48.5. The van der Waals surface area contributed by atoms with Crippen LogP contribution in [0.5, 0.6) is 11.5 Å². The molecule has 0 aromatic heterocycles. The minimum absolute atomic E-state index is 0.0177. The molecule has 2 saturated heterocycles. The topological polar surface area (TPSA) is 170 Å². The number of hydrogen-bond donors (Lipinski definition) is 3. The van der Waals surface area contributed by atoms with Crippen LogP contribution in [0.2, 0.25) is 0 Å². The molecule has 2 unspecified atom stereocenters. The van der Waals surface area contributed by atoms with Gasteiger partial charge in [0.2, 0.25) is 5.91 Å². The average Bonchev–Trinajstić information content (AvgIpc) is 3.37. The van der Waals surface area contributed by atoms with Gasteiger partial charge in [0.15, 0.2) is 29.3 Å². The summed E-state index contributed by atoms with van der Waals surface area (Å²) >= 11 is 0. The van der Waals surface area contributed by atoms with Gasteiger partial charge in [-0.3, -0.25) is 14.6 Å². The van der Waals surface area contributed by atoms with Gasteiger partial charge in [0.05, 0.1) is 11.5 Å². The minimum Gasteiger partial charge on any atom is -0.477 e. The fourth-order valence-corrected chi connectivity index (χ4v) is 7.58. The Hall–Kier alpha value is -3.38. The van der Waals surface area contributed by atoms with E-state index < -0.39 is 18.2 Å². The minimum atomic E-state index is -0.641. The molecule has 3 fully saturated rings. The van der Waals surface area contributed by atoms with Gasteiger partial charge in [0, 0.05) is 57.3 Å². The van der Waals surface area contributed by atoms with Crippen molar-refractivity contribution in [1.82, 2.24) is 14.7 Å². The van der Waals surface area contributed by atoms with E-state index in [0.29, 0.717) is 75.4 Å². The van der Waals surface area contributed by atoms with E-state index in [1.807, 2.05) is 6.07 Å². The van der Waals surface area contributed by atoms with E-state index in [4.69, 9.17) is 26.7 Å². The number of likely N-dealkylation sites (tertiary alicyclic amines) is 1. The van der Waals surface area contributed by atoms with Crippen LogP contribution in [0.25, 0.3) is 0 Å². The highest BCUT2D eigenvalue weighted by Gasteiger charge is 2.68. The lowest BCUT2D eigenvalue weighted by Crippen LogP contribution is -2.55. The molecule has 1 aromatic carbocycles. The fraction of sp³-hybridized carbons (Fsp3) is 0.630. The molecule has 6 N–H and O–H groups in total. The number of likely N-dealkylation sites (N-methyl/N-ethyl adjacent to an activating group) is 1. The largest absolute Gasteiger partial charge is 0.477 e. The van der Waals surface area contributed by atoms with Crippen molar-refractivity contribution in [1.29, 1.82) is 0 Å². The van der Waals surface area contributed by atoms with Crippen LogP contribution in [0.4, 0.5) is 4.79 Å². The lowest BCUT2D eigenvalue weighted by atomic mass is 9.57. The summed E-state index contributed by atoms with van der Waals surface area (Å²) in [6.07, 6.45) is 2.39. The van der Waals surface area contributed by atoms with Gasteiger partial charge in [-0.25, -0.2) is 4.79 Å². The molecular formula is C27H37N7O5. The molecule has 2 amide bonds. The summed E-state index contributed by atoms with van der Waals surface area (Å²) in [5.41, 5.74) is 18.6. The van der Waals surface area contributed by atoms with Crippen molar-refractivity contribution in [2.45, 2.75) is 55.7 Å². The number of Topliss-reactive ketones (excluding diaryl/α,β-unsaturated/α-hetero) is 1. The first-order valence-electron chi connectivity index (χ1n) is 13.8. The van der Waals surface area contributed by atoms with Gasteiger partial charge >= 0.3 is 6.09 Å². The normalized spacial score (nSPS) is 29.5. The van der Waals surface area contributed by atoms with Gasteiger partial charge in [0.25, 0.3) is 0 Å². The molecule has 210 valence electrons. The third-order valence-electron chi connectivity index (χ3n) is 9.34. The van der Waals surface area contributed by atoms with E-state index in [1.54, 1.807) is 15.9 Å². The number of aliphatic imine (C=N–C) groups is 1. The van der Waals surface area contributed by atoms with Crippen molar-refractivity contribution >= 4 is 23.7 Å². The standard InChI is InChI=1S/C27H37N7O5/c1-32-14-27-16-5-6-19(35)23(27)39-22-20(7-4-15(21(22)27)13-18(16)32)38-26(37)34-11-9-33(10-12-34)24(36)17(28)3-2-8-31-25(29)30/h4,7,16-18,23H,2-3,5-6,8-14,28H2,1H3,(H4,29,30,31)/t16?,17-,18+,23?,27-/m0/s1. The maximum absolute atomic E-state index is 13.2. The van der Waals surface area contributed by atoms with Gasteiger partial charge in [-0.05, 0) is 50.3 Å². The number of ketones is 1. The van der Waals surface area contributed by atoms with Crippen LogP contribution < -0.4 is 26.7 Å². The maximum Gasteiger partial charge on any atom is 0.415 e. The SMILES string of the molecule is CN1C[C@]23c4c5ccc(OC(=O)N6CCN(C(=O)[C@@H](N)CCCN=C(N)N)CC6)c4OC2C(=O)CCC3[C@H]1C5. The molecular weight excluding hydrogens is 502 g/mol. The first kappa shape index (κ1) is 25.9. The zero-order chi connectivity index (χ0) is 27.5. The zero-order valence-electron chi connectivity index (χ0n) is 22.3. The lowest BCUT2D eigenvalue weighted by molar-refractivity contribution is -0.134. The van der Waals surface area contributed by atoms with Crippen LogP contribution in [0.3, 0.4) is 0 Å². The molecule has 1 aromatic rings. The number of nitrogens with two attached hydrogens (primary N) is 3. The van der Waals surface area contributed by atoms with Gasteiger partial charge in [0.1, 0.15) is 0 Å². The molecule has 2 aliphatic carbocycles. The monoisotopic (exact) mass is 539 g/mol. The Morgan fingerprint density at radius 3 is 2.69 bits per heavy atom. The number of nitrogens with zero attached hydrogens (tertiary/aromatic N) is 4. The number of ether oxygens (including phenoxy) is 2. The smallest absolute Gasteiger partial charge is 0.415 e. The third-order valence-corrected chi connectivity index (χ3v) is 9.34. The number of piperazine rings is 1. The Balaban J connectivity index is 1.11. The molecule has 3 heterocycles. The van der Waals surface area contributed by atoms with Crippen molar-refractivity contribution in [3.8, 4) is 11.5 Å². The predicted molar refractivity (Wildman–Crippen MR) is 142 cm³/mol. The summed E-state index contributed by atoms with van der Waals surface area (Å²) in [5.74, 6) is 1.29. The quantitative estimate of drug-likeness (QED) is 0.246. The molecule has 12 heteroatoms. The summed E-state index contributed by atoms with van der Waals surface area (Å²) in [6, 6.07) is 3.59. The second-order valence-electron chi connectivity index (χ2n) is 11.5. The molecule has 3 aliphatic heterocycles. The molecule has 6 rings (SSSR count). The van der Waals surface area contributed by atoms with Crippen LogP contribution in [-0.4, -0.2) is 103 Å². The Labute approximate surface area is 227 Å². The van der Waals surface area contributed by atoms with E-state index in [0.717, 1.165) is 24.9 Å². The summed E-state index contributed by atoms with van der Waals surface area (Å²) in [6.45, 7) is 2.63. The Morgan fingerprint density at radius 2 is 1.95 bits per heavy atom. The number of benzene rings is 1. The van der Waals surface area contributed by atoms with Crippen molar-refractivity contribution in [2.75, 3.05) is 46.3 Å². The van der Waals surface area contributed by atoms with Crippen molar-refractivity contribution in [2.24, 2.45) is 28.1 Å². The van der Waals surface area contributed by atoms with Crippen LogP contribution in [-0.2, 0) is 21.4 Å². The van der Waals surface area contributed by atoms with Crippen LogP contribution in [0.15, 0.2) is 17.1 Å². The zero-order valence-corrected chi connectivity index (χ0v) is 22.3. The van der Waals surface area contributed by atoms with E-state index in [9.17, 15) is 14.4 Å². The molecule has 2 bridgehead atoms. The van der Waals surface area contributed by atoms with Crippen molar-refractivity contribution in [3.05, 3.63) is 23.3 Å². The molecule has 39 heavy (non-hydrogen) atoms. The highest BCUT2D eigenvalue weighted by atomic mass is 16.6. The molecule has 1 spiro atoms. The van der Waals surface area contributed by atoms with Gasteiger partial charge in [-0.15, -0.1) is 0 Å². The number of hydrogen-bond acceptors (Lipinski definition) is 8. The Kier molecular flexibility index (Phi) is 6.41. The van der Waals surface area contributed by atoms with E-state index in [2.05, 4.69) is 16.9 Å². The number of carbonyl (C=O) groups is 3. The van der Waals surface area contributed by atoms with Crippen molar-refractivity contribution in [3.63, 3.8) is 0 Å². The van der Waals surface area contributed by atoms with E-state index >= 15 is 0 Å². The van der Waals surface area contributed by atoms with Gasteiger partial charge in [-0.2, -0.15) is 0 Å². The predicted octanol–water partition coefficient (Wildman–Crippen LogP) is -0.441. The third kappa shape index (κ3) is 4.11. The second-order valence-corrected chi connectivity index (χ2v) is 11.5. The van der Waals surface area contributed by atoms with E-state index in [1.165, 1.54) is 5.56 Å². The van der Waals surface area contributed by atoms with Crippen LogP contribution >= 0.6 is 0 Å². The maximum atomic E-state index is 13.2. The number of carbonyl (C=O) groups excluding carboxylic acids is 3. The molecule has 12 nitrogen and oxygen atoms in total. The van der Waals surface area contributed by atoms with Crippen molar-refractivity contribution < 1.29 is 23.9 Å². The Bertz CT molecular complexity index is 1230. The van der Waals surface area contributed by atoms with Crippen LogP contribution in [0, 0.1) is 5.92 Å². The lowest BCUT2D eigenvalue weighted by Gasteiger charge is -2.43. The van der Waals surface area contributed by atoms with Crippen LogP contribution in [0.1, 0.15) is 36.8 Å². The molecule has 0 radical (unpaired) electrons. The van der Waals surface area contributed by atoms with Gasteiger partial charge in [-0.1, -0.05) is 6.07 Å². The fourth-order valence-electron chi connectivity index (χ4n) is 7.58. The number of guanidine groups is 1. The number of rotatable bonds is 6. The second kappa shape index (κ2) is 9.67. The highest BCUT2D eigenvalue weighted by Crippen LogP contribution is 2.63. The summed E-state index contributed by atoms with van der Waals surface area (Å²) in [5, 5.41) is 0. The molecule has 1 saturated carbocycles. The number of amides is 2.